The summed E-state index contributed by atoms with van der Waals surface area (Å²) in [5.74, 6) is 2.84. The zero-order chi connectivity index (χ0) is 12.0. The molecule has 0 spiro atoms. The molecule has 2 heterocycles. The lowest BCUT2D eigenvalue weighted by molar-refractivity contribution is -0.137. The lowest BCUT2D eigenvalue weighted by atomic mass is 9.92. The molecule has 3 rings (SSSR count). The minimum absolute atomic E-state index is 0.274. The van der Waals surface area contributed by atoms with Gasteiger partial charge in [0.2, 0.25) is 5.91 Å². The molecule has 1 aliphatic carbocycles. The van der Waals surface area contributed by atoms with Crippen LogP contribution in [-0.2, 0) is 4.79 Å². The van der Waals surface area contributed by atoms with E-state index in [-0.39, 0.29) is 5.92 Å². The highest BCUT2D eigenvalue weighted by atomic mass is 16.2. The summed E-state index contributed by atoms with van der Waals surface area (Å²) in [7, 11) is 0. The first-order valence-electron chi connectivity index (χ1n) is 7.23. The molecule has 3 fully saturated rings. The number of likely N-dealkylation sites (tertiary alicyclic amines) is 1. The molecule has 1 N–H and O–H groups in total. The van der Waals surface area contributed by atoms with Crippen molar-refractivity contribution in [3.63, 3.8) is 0 Å². The fourth-order valence-electron chi connectivity index (χ4n) is 3.86. The Kier molecular flexibility index (Phi) is 2.89. The number of fused-ring (bicyclic) bond motifs is 1. The van der Waals surface area contributed by atoms with E-state index < -0.39 is 0 Å². The average Bonchev–Trinajstić information content (AvgIpc) is 2.97. The van der Waals surface area contributed by atoms with Gasteiger partial charge >= 0.3 is 0 Å². The minimum Gasteiger partial charge on any atom is -0.339 e. The second-order valence-corrected chi connectivity index (χ2v) is 6.17. The fourth-order valence-corrected chi connectivity index (χ4v) is 3.86. The second kappa shape index (κ2) is 4.27. The van der Waals surface area contributed by atoms with Crippen LogP contribution in [0.25, 0.3) is 0 Å². The fraction of sp³-hybridized carbons (Fsp3) is 0.929. The van der Waals surface area contributed by atoms with Gasteiger partial charge in [0.15, 0.2) is 0 Å². The molecule has 96 valence electrons. The Morgan fingerprint density at radius 1 is 1.41 bits per heavy atom. The summed E-state index contributed by atoms with van der Waals surface area (Å²) < 4.78 is 0. The number of amides is 1. The Morgan fingerprint density at radius 2 is 2.18 bits per heavy atom. The number of hydrogen-bond donors (Lipinski definition) is 1. The zero-order valence-corrected chi connectivity index (χ0v) is 11.0. The first-order valence-corrected chi connectivity index (χ1v) is 7.23. The number of carbonyl (C=O) groups is 1. The normalized spacial score (nSPS) is 38.2. The highest BCUT2D eigenvalue weighted by Gasteiger charge is 2.47. The summed E-state index contributed by atoms with van der Waals surface area (Å²) in [4.78, 5) is 14.8. The first-order chi connectivity index (χ1) is 8.22. The molecule has 0 bridgehead atoms. The van der Waals surface area contributed by atoms with Gasteiger partial charge in [-0.1, -0.05) is 13.8 Å². The number of hydrogen-bond acceptors (Lipinski definition) is 2. The molecule has 3 nitrogen and oxygen atoms in total. The summed E-state index contributed by atoms with van der Waals surface area (Å²) in [6.45, 7) is 7.60. The van der Waals surface area contributed by atoms with E-state index in [1.807, 2.05) is 0 Å². The molecule has 2 aliphatic heterocycles. The lowest BCUT2D eigenvalue weighted by Crippen LogP contribution is -2.42. The van der Waals surface area contributed by atoms with Crippen LogP contribution in [0.1, 0.15) is 33.1 Å². The predicted octanol–water partition coefficient (Wildman–Crippen LogP) is 1.49. The topological polar surface area (TPSA) is 32.3 Å². The van der Waals surface area contributed by atoms with Crippen molar-refractivity contribution in [2.45, 2.75) is 39.2 Å². The van der Waals surface area contributed by atoms with E-state index in [0.717, 1.165) is 37.9 Å². The van der Waals surface area contributed by atoms with Crippen LogP contribution in [0.4, 0.5) is 0 Å². The molecule has 0 aromatic carbocycles. The van der Waals surface area contributed by atoms with E-state index in [1.165, 1.54) is 12.8 Å². The molecule has 1 saturated carbocycles. The predicted molar refractivity (Wildman–Crippen MR) is 67.5 cm³/mol. The van der Waals surface area contributed by atoms with E-state index >= 15 is 0 Å². The summed E-state index contributed by atoms with van der Waals surface area (Å²) >= 11 is 0. The first kappa shape index (κ1) is 11.5. The number of nitrogens with zero attached hydrogens (tertiary/aromatic N) is 1. The Balaban J connectivity index is 1.71. The molecule has 4 atom stereocenters. The van der Waals surface area contributed by atoms with Gasteiger partial charge in [-0.2, -0.15) is 0 Å². The van der Waals surface area contributed by atoms with E-state index in [2.05, 4.69) is 24.1 Å². The van der Waals surface area contributed by atoms with Gasteiger partial charge in [0, 0.05) is 31.6 Å². The van der Waals surface area contributed by atoms with Gasteiger partial charge in [-0.05, 0) is 37.0 Å². The lowest BCUT2D eigenvalue weighted by Gasteiger charge is -2.29. The highest BCUT2D eigenvalue weighted by Crippen LogP contribution is 2.40. The highest BCUT2D eigenvalue weighted by molar-refractivity contribution is 5.80. The Labute approximate surface area is 104 Å². The van der Waals surface area contributed by atoms with Gasteiger partial charge in [-0.15, -0.1) is 0 Å². The average molecular weight is 236 g/mol. The standard InChI is InChI=1S/C14H24N2O/c1-3-13-12-7-15-6-11(12)8-16(13)14(17)9(2)10-4-5-10/h9-13,15H,3-8H2,1-2H3. The van der Waals surface area contributed by atoms with E-state index in [9.17, 15) is 4.79 Å². The van der Waals surface area contributed by atoms with Gasteiger partial charge in [0.1, 0.15) is 0 Å². The molecule has 3 aliphatic rings. The molecule has 1 amide bonds. The van der Waals surface area contributed by atoms with E-state index in [1.54, 1.807) is 0 Å². The van der Waals surface area contributed by atoms with Crippen molar-refractivity contribution in [2.24, 2.45) is 23.7 Å². The number of carbonyl (C=O) groups excluding carboxylic acids is 1. The molecule has 17 heavy (non-hydrogen) atoms. The molecule has 0 aromatic heterocycles. The van der Waals surface area contributed by atoms with Crippen LogP contribution >= 0.6 is 0 Å². The molecule has 2 saturated heterocycles. The van der Waals surface area contributed by atoms with Crippen molar-refractivity contribution in [1.29, 1.82) is 0 Å². The summed E-state index contributed by atoms with van der Waals surface area (Å²) in [5, 5.41) is 3.47. The number of nitrogens with one attached hydrogen (secondary N) is 1. The van der Waals surface area contributed by atoms with Gasteiger partial charge in [0.25, 0.3) is 0 Å². The third-order valence-corrected chi connectivity index (χ3v) is 5.14. The monoisotopic (exact) mass is 236 g/mol. The van der Waals surface area contributed by atoms with Crippen LogP contribution in [0.5, 0.6) is 0 Å². The maximum Gasteiger partial charge on any atom is 0.225 e. The van der Waals surface area contributed by atoms with Crippen molar-refractivity contribution in [1.82, 2.24) is 10.2 Å². The molecular weight excluding hydrogens is 212 g/mol. The van der Waals surface area contributed by atoms with Crippen molar-refractivity contribution in [2.75, 3.05) is 19.6 Å². The Morgan fingerprint density at radius 3 is 2.82 bits per heavy atom. The van der Waals surface area contributed by atoms with Gasteiger partial charge in [0.05, 0.1) is 0 Å². The SMILES string of the molecule is CCC1C2CNCC2CN1C(=O)C(C)C1CC1. The van der Waals surface area contributed by atoms with Crippen LogP contribution in [0.2, 0.25) is 0 Å². The van der Waals surface area contributed by atoms with E-state index in [4.69, 9.17) is 0 Å². The zero-order valence-electron chi connectivity index (χ0n) is 11.0. The molecule has 4 unspecified atom stereocenters. The maximum absolute atomic E-state index is 12.5. The van der Waals surface area contributed by atoms with Crippen molar-refractivity contribution >= 4 is 5.91 Å². The summed E-state index contributed by atoms with van der Waals surface area (Å²) in [6.07, 6.45) is 3.66. The molecule has 3 heteroatoms. The number of rotatable bonds is 3. The summed E-state index contributed by atoms with van der Waals surface area (Å²) in [5.41, 5.74) is 0. The smallest absolute Gasteiger partial charge is 0.225 e. The van der Waals surface area contributed by atoms with Crippen LogP contribution in [0.15, 0.2) is 0 Å². The Hall–Kier alpha value is -0.570. The largest absolute Gasteiger partial charge is 0.339 e. The quantitative estimate of drug-likeness (QED) is 0.805. The van der Waals surface area contributed by atoms with Crippen LogP contribution in [0, 0.1) is 23.7 Å². The van der Waals surface area contributed by atoms with Crippen molar-refractivity contribution in [3.8, 4) is 0 Å². The maximum atomic E-state index is 12.5. The van der Waals surface area contributed by atoms with Crippen LogP contribution in [-0.4, -0.2) is 36.5 Å². The minimum atomic E-state index is 0.274. The second-order valence-electron chi connectivity index (χ2n) is 6.17. The van der Waals surface area contributed by atoms with Crippen LogP contribution in [0.3, 0.4) is 0 Å². The van der Waals surface area contributed by atoms with Gasteiger partial charge in [-0.3, -0.25) is 4.79 Å². The van der Waals surface area contributed by atoms with Crippen molar-refractivity contribution in [3.05, 3.63) is 0 Å². The van der Waals surface area contributed by atoms with Gasteiger partial charge in [-0.25, -0.2) is 0 Å². The van der Waals surface area contributed by atoms with E-state index in [0.29, 0.717) is 17.9 Å². The van der Waals surface area contributed by atoms with Crippen LogP contribution < -0.4 is 5.32 Å². The Bertz CT molecular complexity index is 313. The van der Waals surface area contributed by atoms with Gasteiger partial charge < -0.3 is 10.2 Å². The molecular formula is C14H24N2O. The molecule has 0 radical (unpaired) electrons. The van der Waals surface area contributed by atoms with Crippen molar-refractivity contribution < 1.29 is 4.79 Å². The third kappa shape index (κ3) is 1.88. The summed E-state index contributed by atoms with van der Waals surface area (Å²) in [6, 6.07) is 0.503. The molecule has 0 aromatic rings. The third-order valence-electron chi connectivity index (χ3n) is 5.14.